The van der Waals surface area contributed by atoms with E-state index >= 15 is 0 Å². The molecule has 0 aliphatic carbocycles. The number of ether oxygens (including phenoxy) is 1. The van der Waals surface area contributed by atoms with E-state index in [1.807, 2.05) is 0 Å². The maximum Gasteiger partial charge on any atom is 0.270 e. The molecule has 5 rings (SSSR count). The molecule has 35 heavy (non-hydrogen) atoms. The molecular weight excluding hydrogens is 473 g/mol. The molecule has 2 heterocycles. The number of nitrogens with one attached hydrogen (secondary N) is 1. The maximum atomic E-state index is 14.0. The molecule has 0 spiro atoms. The van der Waals surface area contributed by atoms with Gasteiger partial charge in [-0.3, -0.25) is 4.79 Å². The molecule has 0 saturated heterocycles. The SMILES string of the molecule is COc1ccc(-c2cccc(F)c2)cc1N(c1ccon1)S(=O)(=O)c1ccc2[nH]c(=O)ccc2c1. The Hall–Kier alpha value is -4.44. The number of pyridine rings is 1. The Morgan fingerprint density at radius 3 is 2.54 bits per heavy atom. The number of sulfonamides is 1. The third-order valence-corrected chi connectivity index (χ3v) is 7.14. The van der Waals surface area contributed by atoms with Crippen LogP contribution in [0.15, 0.2) is 99.3 Å². The highest BCUT2D eigenvalue weighted by Gasteiger charge is 2.31. The molecule has 8 nitrogen and oxygen atoms in total. The fourth-order valence-electron chi connectivity index (χ4n) is 3.78. The molecule has 0 atom stereocenters. The predicted octanol–water partition coefficient (Wildman–Crippen LogP) is 4.86. The van der Waals surface area contributed by atoms with Crippen LogP contribution in [0.2, 0.25) is 0 Å². The van der Waals surface area contributed by atoms with Crippen LogP contribution in [-0.4, -0.2) is 25.7 Å². The van der Waals surface area contributed by atoms with Crippen LogP contribution in [0, 0.1) is 5.82 Å². The number of nitrogens with zero attached hydrogens (tertiary/aromatic N) is 2. The molecule has 0 unspecified atom stereocenters. The smallest absolute Gasteiger partial charge is 0.270 e. The first-order chi connectivity index (χ1) is 16.9. The highest BCUT2D eigenvalue weighted by atomic mass is 32.2. The monoisotopic (exact) mass is 491 g/mol. The maximum absolute atomic E-state index is 14.0. The van der Waals surface area contributed by atoms with Gasteiger partial charge in [-0.25, -0.2) is 17.1 Å². The summed E-state index contributed by atoms with van der Waals surface area (Å²) in [6.45, 7) is 0. The Kier molecular flexibility index (Phi) is 5.58. The number of fused-ring (bicyclic) bond motifs is 1. The number of hydrogen-bond donors (Lipinski definition) is 1. The van der Waals surface area contributed by atoms with Gasteiger partial charge in [0.2, 0.25) is 5.56 Å². The molecule has 10 heteroatoms. The molecule has 5 aromatic rings. The van der Waals surface area contributed by atoms with E-state index in [1.54, 1.807) is 36.4 Å². The minimum atomic E-state index is -4.25. The lowest BCUT2D eigenvalue weighted by Crippen LogP contribution is -2.27. The van der Waals surface area contributed by atoms with Crippen molar-refractivity contribution < 1.29 is 22.1 Å². The van der Waals surface area contributed by atoms with Crippen molar-refractivity contribution in [3.8, 4) is 16.9 Å². The van der Waals surface area contributed by atoms with E-state index in [0.29, 0.717) is 22.0 Å². The van der Waals surface area contributed by atoms with Gasteiger partial charge in [-0.2, -0.15) is 0 Å². The van der Waals surface area contributed by atoms with E-state index in [2.05, 4.69) is 10.1 Å². The van der Waals surface area contributed by atoms with Gasteiger partial charge in [0, 0.05) is 17.6 Å². The molecule has 0 radical (unpaired) electrons. The van der Waals surface area contributed by atoms with Crippen molar-refractivity contribution in [2.75, 3.05) is 11.4 Å². The third kappa shape index (κ3) is 4.15. The average Bonchev–Trinajstić information content (AvgIpc) is 3.37. The van der Waals surface area contributed by atoms with E-state index in [0.717, 1.165) is 4.31 Å². The van der Waals surface area contributed by atoms with Gasteiger partial charge in [-0.05, 0) is 65.0 Å². The van der Waals surface area contributed by atoms with Crippen LogP contribution >= 0.6 is 0 Å². The standard InChI is InChI=1S/C25H18FN3O5S/c1-33-23-9-5-17(16-3-2-4-19(26)13-16)15-22(23)29(24-11-12-34-28-24)35(31,32)20-7-8-21-18(14-20)6-10-25(30)27-21/h2-15H,1H3,(H,27,30). The quantitative estimate of drug-likeness (QED) is 0.364. The second kappa shape index (κ2) is 8.73. The van der Waals surface area contributed by atoms with Crippen LogP contribution in [0.25, 0.3) is 22.0 Å². The summed E-state index contributed by atoms with van der Waals surface area (Å²) in [5.41, 5.74) is 1.48. The van der Waals surface area contributed by atoms with E-state index in [9.17, 15) is 17.6 Å². The number of aromatic nitrogens is 2. The molecule has 0 aliphatic rings. The molecule has 176 valence electrons. The molecule has 0 bridgehead atoms. The molecule has 0 aliphatic heterocycles. The first kappa shape index (κ1) is 22.4. The van der Waals surface area contributed by atoms with Crippen LogP contribution in [0.4, 0.5) is 15.9 Å². The zero-order valence-electron chi connectivity index (χ0n) is 18.3. The summed E-state index contributed by atoms with van der Waals surface area (Å²) in [5, 5.41) is 4.39. The summed E-state index contributed by atoms with van der Waals surface area (Å²) >= 11 is 0. The van der Waals surface area contributed by atoms with Gasteiger partial charge in [0.05, 0.1) is 12.0 Å². The van der Waals surface area contributed by atoms with Crippen molar-refractivity contribution in [1.29, 1.82) is 0 Å². The largest absolute Gasteiger partial charge is 0.495 e. The lowest BCUT2D eigenvalue weighted by Gasteiger charge is -2.24. The van der Waals surface area contributed by atoms with Crippen LogP contribution in [-0.2, 0) is 10.0 Å². The Bertz CT molecular complexity index is 1700. The van der Waals surface area contributed by atoms with E-state index in [-0.39, 0.29) is 27.7 Å². The Balaban J connectivity index is 1.72. The van der Waals surface area contributed by atoms with Gasteiger partial charge >= 0.3 is 0 Å². The van der Waals surface area contributed by atoms with Crippen molar-refractivity contribution in [3.05, 3.63) is 101 Å². The van der Waals surface area contributed by atoms with Gasteiger partial charge in [0.1, 0.15) is 23.5 Å². The zero-order chi connectivity index (χ0) is 24.6. The highest BCUT2D eigenvalue weighted by Crippen LogP contribution is 2.40. The highest BCUT2D eigenvalue weighted by molar-refractivity contribution is 7.93. The molecule has 1 N–H and O–H groups in total. The summed E-state index contributed by atoms with van der Waals surface area (Å²) in [7, 11) is -2.84. The number of halogens is 1. The van der Waals surface area contributed by atoms with E-state index < -0.39 is 15.8 Å². The molecule has 0 saturated carbocycles. The topological polar surface area (TPSA) is 106 Å². The van der Waals surface area contributed by atoms with Crippen molar-refractivity contribution in [2.45, 2.75) is 4.90 Å². The number of aromatic amines is 1. The molecular formula is C25H18FN3O5S. The van der Waals surface area contributed by atoms with Crippen molar-refractivity contribution in [3.63, 3.8) is 0 Å². The summed E-state index contributed by atoms with van der Waals surface area (Å²) in [6, 6.07) is 19.5. The average molecular weight is 492 g/mol. The zero-order valence-corrected chi connectivity index (χ0v) is 19.1. The number of anilines is 2. The van der Waals surface area contributed by atoms with Gasteiger partial charge in [-0.15, -0.1) is 0 Å². The first-order valence-corrected chi connectivity index (χ1v) is 11.8. The molecule has 2 aromatic heterocycles. The number of H-pyrrole nitrogens is 1. The van der Waals surface area contributed by atoms with Gasteiger partial charge in [0.25, 0.3) is 10.0 Å². The van der Waals surface area contributed by atoms with Crippen LogP contribution in [0.3, 0.4) is 0 Å². The van der Waals surface area contributed by atoms with Crippen molar-refractivity contribution >= 4 is 32.4 Å². The molecule has 3 aromatic carbocycles. The number of methoxy groups -OCH3 is 1. The lowest BCUT2D eigenvalue weighted by molar-refractivity contribution is 0.414. The fraction of sp³-hybridized carbons (Fsp3) is 0.0400. The Morgan fingerprint density at radius 2 is 1.80 bits per heavy atom. The van der Waals surface area contributed by atoms with E-state index in [1.165, 1.54) is 55.8 Å². The minimum Gasteiger partial charge on any atom is -0.495 e. The lowest BCUT2D eigenvalue weighted by atomic mass is 10.0. The fourth-order valence-corrected chi connectivity index (χ4v) is 5.25. The Labute approximate surface area is 199 Å². The summed E-state index contributed by atoms with van der Waals surface area (Å²) in [6.07, 6.45) is 1.26. The van der Waals surface area contributed by atoms with Crippen LogP contribution in [0.1, 0.15) is 0 Å². The normalized spacial score (nSPS) is 11.5. The number of rotatable bonds is 6. The second-order valence-electron chi connectivity index (χ2n) is 7.60. The summed E-state index contributed by atoms with van der Waals surface area (Å²) < 4.78 is 53.2. The predicted molar refractivity (Wildman–Crippen MR) is 129 cm³/mol. The van der Waals surface area contributed by atoms with Gasteiger partial charge < -0.3 is 14.2 Å². The molecule has 0 amide bonds. The third-order valence-electron chi connectivity index (χ3n) is 5.42. The number of hydrogen-bond acceptors (Lipinski definition) is 6. The van der Waals surface area contributed by atoms with Crippen LogP contribution < -0.4 is 14.6 Å². The van der Waals surface area contributed by atoms with Gasteiger partial charge in [-0.1, -0.05) is 23.4 Å². The second-order valence-corrected chi connectivity index (χ2v) is 9.38. The summed E-state index contributed by atoms with van der Waals surface area (Å²) in [5.74, 6) is -0.168. The van der Waals surface area contributed by atoms with Crippen molar-refractivity contribution in [1.82, 2.24) is 10.1 Å². The molecule has 0 fully saturated rings. The Morgan fingerprint density at radius 1 is 0.971 bits per heavy atom. The minimum absolute atomic E-state index is 0.00116. The first-order valence-electron chi connectivity index (χ1n) is 10.4. The van der Waals surface area contributed by atoms with E-state index in [4.69, 9.17) is 9.26 Å². The number of benzene rings is 3. The van der Waals surface area contributed by atoms with Crippen LogP contribution in [0.5, 0.6) is 5.75 Å². The van der Waals surface area contributed by atoms with Gasteiger partial charge in [0.15, 0.2) is 5.82 Å². The summed E-state index contributed by atoms with van der Waals surface area (Å²) in [4.78, 5) is 14.2. The van der Waals surface area contributed by atoms with Crippen molar-refractivity contribution in [2.24, 2.45) is 0 Å².